The molecule has 0 aromatic carbocycles. The van der Waals surface area contributed by atoms with E-state index in [2.05, 4.69) is 27.7 Å². The normalized spacial score (nSPS) is 29.1. The zero-order valence-electron chi connectivity index (χ0n) is 10.1. The molecule has 0 saturated carbocycles. The van der Waals surface area contributed by atoms with E-state index in [1.165, 1.54) is 0 Å². The molecule has 0 N–H and O–H groups in total. The summed E-state index contributed by atoms with van der Waals surface area (Å²) in [7, 11) is 0. The second kappa shape index (κ2) is 3.92. The molecule has 0 aromatic rings. The van der Waals surface area contributed by atoms with E-state index in [0.29, 0.717) is 11.5 Å². The third-order valence-corrected chi connectivity index (χ3v) is 3.51. The minimum Gasteiger partial charge on any atom is -0.340 e. The van der Waals surface area contributed by atoms with E-state index >= 15 is 0 Å². The van der Waals surface area contributed by atoms with Gasteiger partial charge in [0.05, 0.1) is 0 Å². The van der Waals surface area contributed by atoms with Crippen molar-refractivity contribution in [2.75, 3.05) is 6.54 Å². The van der Waals surface area contributed by atoms with Gasteiger partial charge in [-0.05, 0) is 31.1 Å². The Morgan fingerprint density at radius 1 is 1.36 bits per heavy atom. The largest absolute Gasteiger partial charge is 0.340 e. The van der Waals surface area contributed by atoms with Crippen LogP contribution in [0.25, 0.3) is 0 Å². The molecule has 1 saturated heterocycles. The Kier molecular flexibility index (Phi) is 3.23. The molecule has 2 nitrogen and oxygen atoms in total. The standard InChI is InChI=1S/C12H23NO/c1-9-8-11(12(3,4)5)6-7-13(9)10(2)14/h9,11H,6-8H2,1-5H3/t9-,11-/m1/s1. The third-order valence-electron chi connectivity index (χ3n) is 3.51. The summed E-state index contributed by atoms with van der Waals surface area (Å²) in [5, 5.41) is 0. The number of piperidine rings is 1. The van der Waals surface area contributed by atoms with Crippen LogP contribution in [0.15, 0.2) is 0 Å². The zero-order valence-corrected chi connectivity index (χ0v) is 10.1. The van der Waals surface area contributed by atoms with E-state index < -0.39 is 0 Å². The summed E-state index contributed by atoms with van der Waals surface area (Å²) in [5.74, 6) is 0.984. The lowest BCUT2D eigenvalue weighted by molar-refractivity contribution is -0.133. The summed E-state index contributed by atoms with van der Waals surface area (Å²) in [6.45, 7) is 11.7. The van der Waals surface area contributed by atoms with E-state index in [1.54, 1.807) is 6.92 Å². The Morgan fingerprint density at radius 2 is 1.93 bits per heavy atom. The highest BCUT2D eigenvalue weighted by atomic mass is 16.2. The molecule has 14 heavy (non-hydrogen) atoms. The van der Waals surface area contributed by atoms with Crippen LogP contribution < -0.4 is 0 Å². The van der Waals surface area contributed by atoms with Crippen molar-refractivity contribution in [3.63, 3.8) is 0 Å². The molecule has 1 fully saturated rings. The van der Waals surface area contributed by atoms with Crippen molar-refractivity contribution in [1.82, 2.24) is 4.90 Å². The molecule has 1 rings (SSSR count). The number of hydrogen-bond donors (Lipinski definition) is 0. The molecule has 0 bridgehead atoms. The summed E-state index contributed by atoms with van der Waals surface area (Å²) in [6.07, 6.45) is 2.32. The fraction of sp³-hybridized carbons (Fsp3) is 0.917. The van der Waals surface area contributed by atoms with Crippen LogP contribution in [0.5, 0.6) is 0 Å². The summed E-state index contributed by atoms with van der Waals surface area (Å²) in [6, 6.07) is 0.422. The highest BCUT2D eigenvalue weighted by molar-refractivity contribution is 5.73. The Morgan fingerprint density at radius 3 is 2.29 bits per heavy atom. The first-order valence-corrected chi connectivity index (χ1v) is 5.59. The van der Waals surface area contributed by atoms with Crippen molar-refractivity contribution >= 4 is 5.91 Å². The van der Waals surface area contributed by atoms with Gasteiger partial charge in [0, 0.05) is 19.5 Å². The fourth-order valence-corrected chi connectivity index (χ4v) is 2.43. The minimum absolute atomic E-state index is 0.227. The molecule has 0 aliphatic carbocycles. The number of amides is 1. The van der Waals surface area contributed by atoms with Gasteiger partial charge < -0.3 is 4.90 Å². The highest BCUT2D eigenvalue weighted by Crippen LogP contribution is 2.36. The van der Waals surface area contributed by atoms with Crippen LogP contribution in [0.4, 0.5) is 0 Å². The van der Waals surface area contributed by atoms with Gasteiger partial charge >= 0.3 is 0 Å². The molecule has 0 spiro atoms. The lowest BCUT2D eigenvalue weighted by Crippen LogP contribution is -2.45. The van der Waals surface area contributed by atoms with Crippen molar-refractivity contribution in [1.29, 1.82) is 0 Å². The Labute approximate surface area is 87.7 Å². The topological polar surface area (TPSA) is 20.3 Å². The quantitative estimate of drug-likeness (QED) is 0.584. The average Bonchev–Trinajstić information content (AvgIpc) is 2.01. The molecule has 1 aliphatic heterocycles. The molecule has 1 heterocycles. The fourth-order valence-electron chi connectivity index (χ4n) is 2.43. The van der Waals surface area contributed by atoms with Crippen LogP contribution in [-0.4, -0.2) is 23.4 Å². The van der Waals surface area contributed by atoms with Gasteiger partial charge in [0.1, 0.15) is 0 Å². The Balaban J connectivity index is 2.60. The van der Waals surface area contributed by atoms with Gasteiger partial charge in [-0.15, -0.1) is 0 Å². The van der Waals surface area contributed by atoms with Crippen LogP contribution in [0.2, 0.25) is 0 Å². The van der Waals surface area contributed by atoms with Gasteiger partial charge in [0.2, 0.25) is 5.91 Å². The van der Waals surface area contributed by atoms with Gasteiger partial charge in [0.15, 0.2) is 0 Å². The highest BCUT2D eigenvalue weighted by Gasteiger charge is 2.33. The van der Waals surface area contributed by atoms with Crippen molar-refractivity contribution in [3.8, 4) is 0 Å². The zero-order chi connectivity index (χ0) is 10.9. The summed E-state index contributed by atoms with van der Waals surface area (Å²) in [5.41, 5.74) is 0.386. The van der Waals surface area contributed by atoms with Gasteiger partial charge in [-0.2, -0.15) is 0 Å². The number of nitrogens with zero attached hydrogens (tertiary/aromatic N) is 1. The first kappa shape index (κ1) is 11.5. The molecular weight excluding hydrogens is 174 g/mol. The smallest absolute Gasteiger partial charge is 0.219 e. The van der Waals surface area contributed by atoms with E-state index in [-0.39, 0.29) is 5.91 Å². The van der Waals surface area contributed by atoms with Crippen LogP contribution in [-0.2, 0) is 4.79 Å². The van der Waals surface area contributed by atoms with Crippen molar-refractivity contribution in [2.45, 2.75) is 53.5 Å². The van der Waals surface area contributed by atoms with E-state index in [9.17, 15) is 4.79 Å². The lowest BCUT2D eigenvalue weighted by Gasteiger charge is -2.42. The number of likely N-dealkylation sites (tertiary alicyclic amines) is 1. The predicted molar refractivity (Wildman–Crippen MR) is 59.0 cm³/mol. The second-order valence-corrected chi connectivity index (χ2v) is 5.65. The Hall–Kier alpha value is -0.530. The minimum atomic E-state index is 0.227. The van der Waals surface area contributed by atoms with Crippen LogP contribution in [0.3, 0.4) is 0 Å². The molecule has 82 valence electrons. The summed E-state index contributed by atoms with van der Waals surface area (Å²) >= 11 is 0. The first-order chi connectivity index (χ1) is 6.32. The number of rotatable bonds is 0. The van der Waals surface area contributed by atoms with Crippen molar-refractivity contribution in [3.05, 3.63) is 0 Å². The van der Waals surface area contributed by atoms with Crippen LogP contribution in [0.1, 0.15) is 47.5 Å². The number of hydrogen-bond acceptors (Lipinski definition) is 1. The molecule has 1 aliphatic rings. The molecule has 2 heteroatoms. The van der Waals surface area contributed by atoms with Crippen LogP contribution in [0, 0.1) is 11.3 Å². The average molecular weight is 197 g/mol. The molecule has 0 radical (unpaired) electrons. The van der Waals surface area contributed by atoms with Gasteiger partial charge in [0.25, 0.3) is 0 Å². The van der Waals surface area contributed by atoms with Gasteiger partial charge in [-0.1, -0.05) is 20.8 Å². The molecule has 2 atom stereocenters. The predicted octanol–water partition coefficient (Wildman–Crippen LogP) is 2.68. The first-order valence-electron chi connectivity index (χ1n) is 5.59. The number of carbonyl (C=O) groups is 1. The van der Waals surface area contributed by atoms with Gasteiger partial charge in [-0.25, -0.2) is 0 Å². The van der Waals surface area contributed by atoms with Crippen molar-refractivity contribution < 1.29 is 4.79 Å². The maximum Gasteiger partial charge on any atom is 0.219 e. The SMILES string of the molecule is CC(=O)N1CC[C@@H](C(C)(C)C)C[C@H]1C. The summed E-state index contributed by atoms with van der Waals surface area (Å²) < 4.78 is 0. The molecule has 1 amide bonds. The molecule has 0 aromatic heterocycles. The van der Waals surface area contributed by atoms with E-state index in [4.69, 9.17) is 0 Å². The lowest BCUT2D eigenvalue weighted by atomic mass is 9.73. The monoisotopic (exact) mass is 197 g/mol. The Bertz CT molecular complexity index is 217. The van der Waals surface area contributed by atoms with E-state index in [1.807, 2.05) is 4.90 Å². The van der Waals surface area contributed by atoms with E-state index in [0.717, 1.165) is 25.3 Å². The molecule has 0 unspecified atom stereocenters. The molecular formula is C12H23NO. The summed E-state index contributed by atoms with van der Waals surface area (Å²) in [4.78, 5) is 13.3. The third kappa shape index (κ3) is 2.49. The number of carbonyl (C=O) groups excluding carboxylic acids is 1. The maximum atomic E-state index is 11.3. The van der Waals surface area contributed by atoms with Crippen LogP contribution >= 0.6 is 0 Å². The van der Waals surface area contributed by atoms with Crippen molar-refractivity contribution in [2.24, 2.45) is 11.3 Å². The maximum absolute atomic E-state index is 11.3. The van der Waals surface area contributed by atoms with Gasteiger partial charge in [-0.3, -0.25) is 4.79 Å². The second-order valence-electron chi connectivity index (χ2n) is 5.65.